The van der Waals surface area contributed by atoms with Crippen molar-refractivity contribution in [1.29, 1.82) is 0 Å². The number of sulfonamides is 1. The molecule has 2 aliphatic rings. The smallest absolute Gasteiger partial charge is 0.244 e. The van der Waals surface area contributed by atoms with Crippen molar-refractivity contribution >= 4 is 10.0 Å². The highest BCUT2D eigenvalue weighted by atomic mass is 32.2. The van der Waals surface area contributed by atoms with Crippen LogP contribution in [0.25, 0.3) is 0 Å². The quantitative estimate of drug-likeness (QED) is 0.904. The van der Waals surface area contributed by atoms with Gasteiger partial charge in [-0.3, -0.25) is 0 Å². The Balaban J connectivity index is 1.91. The molecule has 2 atom stereocenters. The molecule has 118 valence electrons. The maximum absolute atomic E-state index is 12.8. The predicted molar refractivity (Wildman–Crippen MR) is 77.4 cm³/mol. The van der Waals surface area contributed by atoms with Crippen LogP contribution in [0.2, 0.25) is 0 Å². The van der Waals surface area contributed by atoms with Crippen LogP contribution in [-0.2, 0) is 21.4 Å². The van der Waals surface area contributed by atoms with E-state index in [0.717, 1.165) is 12.8 Å². The van der Waals surface area contributed by atoms with E-state index in [1.54, 1.807) is 12.3 Å². The maximum Gasteiger partial charge on any atom is 0.244 e. The summed E-state index contributed by atoms with van der Waals surface area (Å²) >= 11 is 0. The fourth-order valence-corrected chi connectivity index (χ4v) is 4.72. The van der Waals surface area contributed by atoms with Gasteiger partial charge in [-0.05, 0) is 32.8 Å². The summed E-state index contributed by atoms with van der Waals surface area (Å²) in [5.41, 5.74) is 0.625. The molecule has 2 fully saturated rings. The number of nitrogens with zero attached hydrogens (tertiary/aromatic N) is 2. The van der Waals surface area contributed by atoms with Gasteiger partial charge in [-0.15, -0.1) is 0 Å². The highest BCUT2D eigenvalue weighted by molar-refractivity contribution is 7.89. The first-order chi connectivity index (χ1) is 9.91. The molecule has 3 rings (SSSR count). The Morgan fingerprint density at radius 3 is 2.43 bits per heavy atom. The molecule has 0 radical (unpaired) electrons. The minimum atomic E-state index is -3.51. The lowest BCUT2D eigenvalue weighted by atomic mass is 10.2. The van der Waals surface area contributed by atoms with Gasteiger partial charge >= 0.3 is 0 Å². The highest BCUT2D eigenvalue weighted by Crippen LogP contribution is 2.30. The minimum Gasteiger partial charge on any atom is -0.390 e. The first-order valence-corrected chi connectivity index (χ1v) is 8.83. The Morgan fingerprint density at radius 2 is 1.95 bits per heavy atom. The van der Waals surface area contributed by atoms with Gasteiger partial charge in [0.2, 0.25) is 10.0 Å². The third kappa shape index (κ3) is 2.63. The number of aliphatic hydroxyl groups excluding tert-OH is 1. The Kier molecular flexibility index (Phi) is 3.85. The molecular formula is C14H22N2O4S. The Bertz CT molecular complexity index is 611. The highest BCUT2D eigenvalue weighted by Gasteiger charge is 2.39. The lowest BCUT2D eigenvalue weighted by Gasteiger charge is -2.30. The van der Waals surface area contributed by atoms with Gasteiger partial charge in [0, 0.05) is 31.0 Å². The first-order valence-electron chi connectivity index (χ1n) is 7.39. The van der Waals surface area contributed by atoms with Crippen LogP contribution in [0.5, 0.6) is 0 Å². The van der Waals surface area contributed by atoms with E-state index in [-0.39, 0.29) is 29.8 Å². The molecule has 2 aliphatic heterocycles. The van der Waals surface area contributed by atoms with E-state index in [0.29, 0.717) is 18.8 Å². The van der Waals surface area contributed by atoms with Crippen LogP contribution in [0.3, 0.4) is 0 Å². The standard InChI is InChI=1S/C14H22N2O4S/c1-10(2)16-8-14(5-11(16)9-17)21(18,19)15-6-12-3-4-13(7-15)20-12/h5,8,10,12-13,17H,3-4,6-7,9H2,1-2H3. The Labute approximate surface area is 125 Å². The normalized spacial score (nSPS) is 26.7. The number of aromatic nitrogens is 1. The largest absolute Gasteiger partial charge is 0.390 e. The molecule has 2 bridgehead atoms. The van der Waals surface area contributed by atoms with Crippen molar-refractivity contribution in [2.75, 3.05) is 13.1 Å². The third-order valence-electron chi connectivity index (χ3n) is 4.27. The van der Waals surface area contributed by atoms with Gasteiger partial charge in [0.15, 0.2) is 0 Å². The molecule has 0 saturated carbocycles. The van der Waals surface area contributed by atoms with Gasteiger partial charge in [-0.25, -0.2) is 8.42 Å². The van der Waals surface area contributed by atoms with Gasteiger partial charge in [0.1, 0.15) is 4.90 Å². The second-order valence-corrected chi connectivity index (χ2v) is 8.04. The lowest BCUT2D eigenvalue weighted by molar-refractivity contribution is -0.0114. The van der Waals surface area contributed by atoms with Crippen LogP contribution in [0, 0.1) is 0 Å². The number of hydrogen-bond donors (Lipinski definition) is 1. The van der Waals surface area contributed by atoms with Crippen molar-refractivity contribution in [2.45, 2.75) is 56.4 Å². The van der Waals surface area contributed by atoms with Crippen molar-refractivity contribution in [3.05, 3.63) is 18.0 Å². The summed E-state index contributed by atoms with van der Waals surface area (Å²) in [5.74, 6) is 0. The molecule has 7 heteroatoms. The third-order valence-corrected chi connectivity index (χ3v) is 6.07. The zero-order valence-corrected chi connectivity index (χ0v) is 13.2. The zero-order chi connectivity index (χ0) is 15.2. The van der Waals surface area contributed by atoms with E-state index in [1.165, 1.54) is 4.31 Å². The molecule has 1 N–H and O–H groups in total. The molecule has 0 aromatic carbocycles. The van der Waals surface area contributed by atoms with E-state index in [1.807, 2.05) is 18.4 Å². The van der Waals surface area contributed by atoms with Gasteiger partial charge in [-0.1, -0.05) is 0 Å². The average Bonchev–Trinajstić information content (AvgIpc) is 3.02. The molecule has 1 aromatic rings. The van der Waals surface area contributed by atoms with Crippen LogP contribution in [-0.4, -0.2) is 47.7 Å². The van der Waals surface area contributed by atoms with E-state index in [4.69, 9.17) is 4.74 Å². The summed E-state index contributed by atoms with van der Waals surface area (Å²) in [6.45, 7) is 4.62. The second-order valence-electron chi connectivity index (χ2n) is 6.11. The molecule has 0 aliphatic carbocycles. The molecule has 1 aromatic heterocycles. The molecule has 3 heterocycles. The molecule has 6 nitrogen and oxygen atoms in total. The van der Waals surface area contributed by atoms with E-state index in [2.05, 4.69) is 0 Å². The van der Waals surface area contributed by atoms with Gasteiger partial charge in [-0.2, -0.15) is 4.31 Å². The van der Waals surface area contributed by atoms with Gasteiger partial charge < -0.3 is 14.4 Å². The topological polar surface area (TPSA) is 71.8 Å². The summed E-state index contributed by atoms with van der Waals surface area (Å²) in [6, 6.07) is 1.68. The van der Waals surface area contributed by atoms with Crippen molar-refractivity contribution in [1.82, 2.24) is 8.87 Å². The van der Waals surface area contributed by atoms with Crippen LogP contribution in [0.15, 0.2) is 17.2 Å². The van der Waals surface area contributed by atoms with Crippen LogP contribution in [0.1, 0.15) is 38.4 Å². The number of ether oxygens (including phenoxy) is 1. The number of fused-ring (bicyclic) bond motifs is 2. The summed E-state index contributed by atoms with van der Waals surface area (Å²) in [5, 5.41) is 9.40. The maximum atomic E-state index is 12.8. The summed E-state index contributed by atoms with van der Waals surface area (Å²) in [4.78, 5) is 0.265. The number of rotatable bonds is 4. The van der Waals surface area contributed by atoms with Crippen molar-refractivity contribution in [3.63, 3.8) is 0 Å². The Morgan fingerprint density at radius 1 is 1.33 bits per heavy atom. The fraction of sp³-hybridized carbons (Fsp3) is 0.714. The molecular weight excluding hydrogens is 292 g/mol. The van der Waals surface area contributed by atoms with E-state index < -0.39 is 10.0 Å². The minimum absolute atomic E-state index is 0.0306. The van der Waals surface area contributed by atoms with E-state index in [9.17, 15) is 13.5 Å². The molecule has 2 unspecified atom stereocenters. The molecule has 0 amide bonds. The van der Waals surface area contributed by atoms with Crippen molar-refractivity contribution < 1.29 is 18.3 Å². The zero-order valence-electron chi connectivity index (χ0n) is 12.4. The monoisotopic (exact) mass is 314 g/mol. The van der Waals surface area contributed by atoms with Gasteiger partial charge in [0.05, 0.1) is 18.8 Å². The number of hydrogen-bond acceptors (Lipinski definition) is 4. The molecule has 2 saturated heterocycles. The van der Waals surface area contributed by atoms with Crippen LogP contribution in [0.4, 0.5) is 0 Å². The first kappa shape index (κ1) is 15.0. The Hall–Kier alpha value is -0.890. The molecule has 21 heavy (non-hydrogen) atoms. The van der Waals surface area contributed by atoms with Crippen LogP contribution >= 0.6 is 0 Å². The summed E-state index contributed by atoms with van der Waals surface area (Å²) in [6.07, 6.45) is 3.56. The second kappa shape index (κ2) is 5.39. The lowest BCUT2D eigenvalue weighted by Crippen LogP contribution is -2.45. The number of morpholine rings is 1. The molecule has 0 spiro atoms. The summed E-state index contributed by atoms with van der Waals surface area (Å²) < 4.78 is 34.6. The summed E-state index contributed by atoms with van der Waals surface area (Å²) in [7, 11) is -3.51. The average molecular weight is 314 g/mol. The van der Waals surface area contributed by atoms with Crippen molar-refractivity contribution in [3.8, 4) is 0 Å². The SMILES string of the molecule is CC(C)n1cc(S(=O)(=O)N2CC3CCC(C2)O3)cc1CO. The fourth-order valence-electron chi connectivity index (χ4n) is 3.17. The van der Waals surface area contributed by atoms with Crippen LogP contribution < -0.4 is 0 Å². The van der Waals surface area contributed by atoms with Gasteiger partial charge in [0.25, 0.3) is 0 Å². The predicted octanol–water partition coefficient (Wildman–Crippen LogP) is 1.11. The number of aliphatic hydroxyl groups is 1. The van der Waals surface area contributed by atoms with E-state index >= 15 is 0 Å². The van der Waals surface area contributed by atoms with Crippen molar-refractivity contribution in [2.24, 2.45) is 0 Å².